The molecule has 11 heavy (non-hydrogen) atoms. The maximum atomic E-state index is 4.79. The summed E-state index contributed by atoms with van der Waals surface area (Å²) >= 11 is 4.79. The highest BCUT2D eigenvalue weighted by atomic mass is 32.1. The van der Waals surface area contributed by atoms with Gasteiger partial charge in [0.25, 0.3) is 0 Å². The molecule has 1 rings (SSSR count). The largest absolute Gasteiger partial charge is 0.312 e. The van der Waals surface area contributed by atoms with Crippen LogP contribution in [-0.4, -0.2) is 17.3 Å². The second kappa shape index (κ2) is 5.16. The Morgan fingerprint density at radius 3 is 2.73 bits per heavy atom. The number of aromatic nitrogens is 1. The van der Waals surface area contributed by atoms with Crippen LogP contribution in [0.2, 0.25) is 0 Å². The van der Waals surface area contributed by atoms with Crippen LogP contribution in [0.1, 0.15) is 5.56 Å². The Morgan fingerprint density at radius 2 is 2.09 bits per heavy atom. The Bertz CT molecular complexity index is 189. The Hall–Kier alpha value is -0.540. The lowest BCUT2D eigenvalue weighted by Gasteiger charge is -2.00. The van der Waals surface area contributed by atoms with Gasteiger partial charge in [-0.25, -0.2) is 0 Å². The van der Waals surface area contributed by atoms with Crippen molar-refractivity contribution in [3.05, 3.63) is 30.1 Å². The lowest BCUT2D eigenvalue weighted by atomic mass is 10.3. The van der Waals surface area contributed by atoms with Crippen LogP contribution in [0.3, 0.4) is 0 Å². The van der Waals surface area contributed by atoms with Gasteiger partial charge in [0.1, 0.15) is 0 Å². The van der Waals surface area contributed by atoms with Crippen LogP contribution < -0.4 is 5.32 Å². The molecule has 0 saturated heterocycles. The van der Waals surface area contributed by atoms with Crippen molar-refractivity contribution < 1.29 is 0 Å². The zero-order valence-corrected chi connectivity index (χ0v) is 7.10. The van der Waals surface area contributed by atoms with E-state index in [-0.39, 0.29) is 0 Å². The van der Waals surface area contributed by atoms with Crippen LogP contribution in [0.25, 0.3) is 0 Å². The van der Waals surface area contributed by atoms with E-state index < -0.39 is 0 Å². The number of nitrogens with zero attached hydrogens (tertiary/aromatic N) is 1. The Balaban J connectivity index is 2.28. The van der Waals surface area contributed by atoms with Gasteiger partial charge in [0, 0.05) is 31.2 Å². The number of rotatable bonds is 4. The molecular formula is C8H11N2S. The summed E-state index contributed by atoms with van der Waals surface area (Å²) in [5.74, 6) is 0.769. The van der Waals surface area contributed by atoms with Gasteiger partial charge in [0.15, 0.2) is 0 Å². The number of nitrogens with one attached hydrogen (secondary N) is 1. The van der Waals surface area contributed by atoms with E-state index in [9.17, 15) is 0 Å². The van der Waals surface area contributed by atoms with Gasteiger partial charge in [-0.05, 0) is 17.7 Å². The van der Waals surface area contributed by atoms with Gasteiger partial charge in [-0.2, -0.15) is 0 Å². The van der Waals surface area contributed by atoms with Crippen LogP contribution >= 0.6 is 12.6 Å². The zero-order chi connectivity index (χ0) is 7.94. The minimum atomic E-state index is 0.769. The lowest BCUT2D eigenvalue weighted by Crippen LogP contribution is -2.15. The molecule has 0 saturated carbocycles. The predicted molar refractivity (Wildman–Crippen MR) is 48.4 cm³/mol. The first-order valence-electron chi connectivity index (χ1n) is 3.61. The molecule has 0 unspecified atom stereocenters. The first-order chi connectivity index (χ1) is 5.43. The van der Waals surface area contributed by atoms with Gasteiger partial charge in [0.2, 0.25) is 0 Å². The van der Waals surface area contributed by atoms with Crippen LogP contribution in [0.15, 0.2) is 24.5 Å². The molecule has 0 fully saturated rings. The van der Waals surface area contributed by atoms with Gasteiger partial charge in [-0.3, -0.25) is 4.98 Å². The first-order valence-corrected chi connectivity index (χ1v) is 4.19. The molecule has 0 amide bonds. The molecule has 59 valence electrons. The molecule has 1 aromatic rings. The van der Waals surface area contributed by atoms with E-state index in [4.69, 9.17) is 12.6 Å². The second-order valence-electron chi connectivity index (χ2n) is 2.24. The van der Waals surface area contributed by atoms with E-state index in [0.717, 1.165) is 18.8 Å². The number of pyridine rings is 1. The second-order valence-corrected chi connectivity index (χ2v) is 2.64. The summed E-state index contributed by atoms with van der Waals surface area (Å²) in [4.78, 5) is 3.93. The Labute approximate surface area is 72.5 Å². The van der Waals surface area contributed by atoms with Gasteiger partial charge in [0.05, 0.1) is 0 Å². The standard InChI is InChI=1S/C8H11N2S/c11-6-5-10-7-8-1-3-9-4-2-8/h1-4,10H,5-7H2. The normalized spacial score (nSPS) is 9.91. The first kappa shape index (κ1) is 8.56. The smallest absolute Gasteiger partial charge is 0.0271 e. The molecular weight excluding hydrogens is 156 g/mol. The van der Waals surface area contributed by atoms with Crippen LogP contribution in [0, 0.1) is 0 Å². The van der Waals surface area contributed by atoms with Crippen LogP contribution in [0.5, 0.6) is 0 Å². The summed E-state index contributed by atoms with van der Waals surface area (Å²) in [5.41, 5.74) is 1.25. The molecule has 1 N–H and O–H groups in total. The van der Waals surface area contributed by atoms with E-state index in [2.05, 4.69) is 10.3 Å². The Kier molecular flexibility index (Phi) is 4.01. The zero-order valence-electron chi connectivity index (χ0n) is 6.29. The molecule has 0 spiro atoms. The fourth-order valence-electron chi connectivity index (χ4n) is 0.806. The predicted octanol–water partition coefficient (Wildman–Crippen LogP) is 1.37. The average molecular weight is 167 g/mol. The average Bonchev–Trinajstić information content (AvgIpc) is 2.07. The molecule has 0 bridgehead atoms. The van der Waals surface area contributed by atoms with E-state index >= 15 is 0 Å². The maximum absolute atomic E-state index is 4.79. The summed E-state index contributed by atoms with van der Waals surface area (Å²) in [5, 5.41) is 3.22. The SMILES string of the molecule is [S]CCNCc1ccncc1. The highest BCUT2D eigenvalue weighted by Crippen LogP contribution is 1.93. The van der Waals surface area contributed by atoms with Crippen molar-refractivity contribution in [2.45, 2.75) is 6.54 Å². The van der Waals surface area contributed by atoms with Gasteiger partial charge < -0.3 is 5.32 Å². The summed E-state index contributed by atoms with van der Waals surface area (Å²) in [6, 6.07) is 3.99. The summed E-state index contributed by atoms with van der Waals surface area (Å²) < 4.78 is 0. The summed E-state index contributed by atoms with van der Waals surface area (Å²) in [6.45, 7) is 1.79. The van der Waals surface area contributed by atoms with Crippen LogP contribution in [0.4, 0.5) is 0 Å². The molecule has 0 atom stereocenters. The highest BCUT2D eigenvalue weighted by Gasteiger charge is 1.88. The molecule has 0 aromatic carbocycles. The third-order valence-corrected chi connectivity index (χ3v) is 1.56. The molecule has 0 aliphatic rings. The van der Waals surface area contributed by atoms with Gasteiger partial charge in [-0.1, -0.05) is 12.6 Å². The van der Waals surface area contributed by atoms with Crippen molar-refractivity contribution in [3.63, 3.8) is 0 Å². The fourth-order valence-corrected chi connectivity index (χ4v) is 0.950. The molecule has 3 heteroatoms. The topological polar surface area (TPSA) is 24.9 Å². The third-order valence-electron chi connectivity index (χ3n) is 1.36. The lowest BCUT2D eigenvalue weighted by molar-refractivity contribution is 0.732. The van der Waals surface area contributed by atoms with E-state index in [1.54, 1.807) is 12.4 Å². The quantitative estimate of drug-likeness (QED) is 0.685. The summed E-state index contributed by atoms with van der Waals surface area (Å²) in [7, 11) is 0. The van der Waals surface area contributed by atoms with Crippen molar-refractivity contribution >= 4 is 12.6 Å². The third kappa shape index (κ3) is 3.39. The van der Waals surface area contributed by atoms with Gasteiger partial charge >= 0.3 is 0 Å². The minimum Gasteiger partial charge on any atom is -0.312 e. The number of hydrogen-bond acceptors (Lipinski definition) is 2. The molecule has 1 aromatic heterocycles. The fraction of sp³-hybridized carbons (Fsp3) is 0.375. The van der Waals surface area contributed by atoms with Crippen molar-refractivity contribution in [2.75, 3.05) is 12.3 Å². The van der Waals surface area contributed by atoms with Crippen molar-refractivity contribution in [1.82, 2.24) is 10.3 Å². The van der Waals surface area contributed by atoms with Crippen molar-refractivity contribution in [2.24, 2.45) is 0 Å². The van der Waals surface area contributed by atoms with Crippen LogP contribution in [-0.2, 0) is 6.54 Å². The van der Waals surface area contributed by atoms with Crippen molar-refractivity contribution in [1.29, 1.82) is 0 Å². The molecule has 0 aliphatic heterocycles. The molecule has 2 nitrogen and oxygen atoms in total. The minimum absolute atomic E-state index is 0.769. The van der Waals surface area contributed by atoms with E-state index in [1.165, 1.54) is 5.56 Å². The van der Waals surface area contributed by atoms with Gasteiger partial charge in [-0.15, -0.1) is 0 Å². The number of hydrogen-bond donors (Lipinski definition) is 1. The molecule has 1 radical (unpaired) electrons. The van der Waals surface area contributed by atoms with E-state index in [1.807, 2.05) is 12.1 Å². The monoisotopic (exact) mass is 167 g/mol. The highest BCUT2D eigenvalue weighted by molar-refractivity contribution is 7.80. The maximum Gasteiger partial charge on any atom is 0.0271 e. The molecule has 0 aliphatic carbocycles. The van der Waals surface area contributed by atoms with Crippen molar-refractivity contribution in [3.8, 4) is 0 Å². The Morgan fingerprint density at radius 1 is 1.36 bits per heavy atom. The molecule has 1 heterocycles. The summed E-state index contributed by atoms with van der Waals surface area (Å²) in [6.07, 6.45) is 3.59. The van der Waals surface area contributed by atoms with E-state index in [0.29, 0.717) is 0 Å².